The Morgan fingerprint density at radius 3 is 2.61 bits per heavy atom. The van der Waals surface area contributed by atoms with Crippen molar-refractivity contribution in [2.45, 2.75) is 46.3 Å². The van der Waals surface area contributed by atoms with E-state index in [-0.39, 0.29) is 11.1 Å². The minimum atomic E-state index is -0.499. The van der Waals surface area contributed by atoms with Crippen LogP contribution in [0, 0.1) is 5.82 Å². The number of halogens is 2. The van der Waals surface area contributed by atoms with Crippen LogP contribution in [0.4, 0.5) is 9.18 Å². The summed E-state index contributed by atoms with van der Waals surface area (Å²) < 4.78 is 18.5. The molecule has 1 N–H and O–H groups in total. The SMILES string of the molecule is CCCN(CCNCc1ccc(F)c(Cl)c1)C(=O)OC(C)(C)C. The highest BCUT2D eigenvalue weighted by Gasteiger charge is 2.21. The summed E-state index contributed by atoms with van der Waals surface area (Å²) in [6, 6.07) is 4.64. The van der Waals surface area contributed by atoms with Gasteiger partial charge in [-0.25, -0.2) is 9.18 Å². The fourth-order valence-corrected chi connectivity index (χ4v) is 2.19. The molecule has 1 rings (SSSR count). The first-order valence-electron chi connectivity index (χ1n) is 7.85. The zero-order chi connectivity index (χ0) is 17.5. The van der Waals surface area contributed by atoms with Gasteiger partial charge >= 0.3 is 6.09 Å². The van der Waals surface area contributed by atoms with E-state index in [1.165, 1.54) is 6.07 Å². The summed E-state index contributed by atoms with van der Waals surface area (Å²) in [4.78, 5) is 13.8. The lowest BCUT2D eigenvalue weighted by atomic mass is 10.2. The van der Waals surface area contributed by atoms with Gasteiger partial charge in [0.05, 0.1) is 5.02 Å². The highest BCUT2D eigenvalue weighted by molar-refractivity contribution is 6.30. The van der Waals surface area contributed by atoms with Crippen molar-refractivity contribution in [3.63, 3.8) is 0 Å². The molecule has 0 spiro atoms. The van der Waals surface area contributed by atoms with Gasteiger partial charge in [-0.2, -0.15) is 0 Å². The smallest absolute Gasteiger partial charge is 0.410 e. The van der Waals surface area contributed by atoms with Gasteiger partial charge < -0.3 is 15.0 Å². The van der Waals surface area contributed by atoms with Gasteiger partial charge in [0, 0.05) is 26.2 Å². The number of nitrogens with one attached hydrogen (secondary N) is 1. The Morgan fingerprint density at radius 2 is 2.04 bits per heavy atom. The maximum atomic E-state index is 13.1. The fraction of sp³-hybridized carbons (Fsp3) is 0.588. The molecule has 0 atom stereocenters. The predicted octanol–water partition coefficient (Wildman–Crippen LogP) is 4.22. The Hall–Kier alpha value is -1.33. The molecule has 1 aromatic carbocycles. The molecule has 0 aliphatic rings. The summed E-state index contributed by atoms with van der Waals surface area (Å²) in [5.74, 6) is -0.422. The number of benzene rings is 1. The van der Waals surface area contributed by atoms with Crippen molar-refractivity contribution in [2.24, 2.45) is 0 Å². The third-order valence-corrected chi connectivity index (χ3v) is 3.31. The van der Waals surface area contributed by atoms with E-state index < -0.39 is 11.4 Å². The molecule has 1 amide bonds. The number of nitrogens with zero attached hydrogens (tertiary/aromatic N) is 1. The maximum Gasteiger partial charge on any atom is 0.410 e. The van der Waals surface area contributed by atoms with Gasteiger partial charge in [0.15, 0.2) is 0 Å². The minimum Gasteiger partial charge on any atom is -0.444 e. The van der Waals surface area contributed by atoms with Gasteiger partial charge in [0.25, 0.3) is 0 Å². The van der Waals surface area contributed by atoms with Crippen LogP contribution in [0.1, 0.15) is 39.7 Å². The molecule has 6 heteroatoms. The van der Waals surface area contributed by atoms with Crippen molar-refractivity contribution in [1.29, 1.82) is 0 Å². The minimum absolute atomic E-state index is 0.116. The zero-order valence-electron chi connectivity index (χ0n) is 14.3. The van der Waals surface area contributed by atoms with Crippen molar-refractivity contribution in [3.05, 3.63) is 34.6 Å². The molecule has 23 heavy (non-hydrogen) atoms. The lowest BCUT2D eigenvalue weighted by molar-refractivity contribution is 0.0252. The van der Waals surface area contributed by atoms with Crippen molar-refractivity contribution < 1.29 is 13.9 Å². The quantitative estimate of drug-likeness (QED) is 0.753. The molecule has 0 aliphatic carbocycles. The normalized spacial score (nSPS) is 11.4. The summed E-state index contributed by atoms with van der Waals surface area (Å²) in [5.41, 5.74) is 0.400. The second kappa shape index (κ2) is 9.08. The zero-order valence-corrected chi connectivity index (χ0v) is 15.0. The van der Waals surface area contributed by atoms with E-state index in [1.54, 1.807) is 17.0 Å². The van der Waals surface area contributed by atoms with E-state index in [0.29, 0.717) is 26.2 Å². The molecule has 0 bridgehead atoms. The van der Waals surface area contributed by atoms with Gasteiger partial charge in [-0.05, 0) is 44.9 Å². The number of amides is 1. The van der Waals surface area contributed by atoms with Gasteiger partial charge in [0.1, 0.15) is 11.4 Å². The number of hydrogen-bond acceptors (Lipinski definition) is 3. The summed E-state index contributed by atoms with van der Waals surface area (Å²) >= 11 is 5.75. The highest BCUT2D eigenvalue weighted by atomic mass is 35.5. The first-order chi connectivity index (χ1) is 10.7. The van der Waals surface area contributed by atoms with Crippen molar-refractivity contribution in [1.82, 2.24) is 10.2 Å². The van der Waals surface area contributed by atoms with Gasteiger partial charge in [0.2, 0.25) is 0 Å². The predicted molar refractivity (Wildman–Crippen MR) is 91.2 cm³/mol. The van der Waals surface area contributed by atoms with Crippen LogP contribution in [-0.4, -0.2) is 36.2 Å². The first kappa shape index (κ1) is 19.7. The lowest BCUT2D eigenvalue weighted by Crippen LogP contribution is -2.40. The van der Waals surface area contributed by atoms with E-state index in [4.69, 9.17) is 16.3 Å². The summed E-state index contributed by atoms with van der Waals surface area (Å²) in [5, 5.41) is 3.34. The van der Waals surface area contributed by atoms with Gasteiger partial charge in [-0.1, -0.05) is 24.6 Å². The molecule has 0 fully saturated rings. The Balaban J connectivity index is 2.43. The Kier molecular flexibility index (Phi) is 7.79. The third kappa shape index (κ3) is 7.66. The number of hydrogen-bond donors (Lipinski definition) is 1. The average Bonchev–Trinajstić information content (AvgIpc) is 2.44. The molecule has 0 radical (unpaired) electrons. The number of ether oxygens (including phenoxy) is 1. The van der Waals surface area contributed by atoms with Crippen LogP contribution in [-0.2, 0) is 11.3 Å². The topological polar surface area (TPSA) is 41.6 Å². The van der Waals surface area contributed by atoms with E-state index in [1.807, 2.05) is 27.7 Å². The van der Waals surface area contributed by atoms with E-state index in [0.717, 1.165) is 12.0 Å². The molecular formula is C17H26ClFN2O2. The largest absolute Gasteiger partial charge is 0.444 e. The summed E-state index contributed by atoms with van der Waals surface area (Å²) in [6.45, 7) is 9.97. The van der Waals surface area contributed by atoms with Crippen LogP contribution < -0.4 is 5.32 Å². The van der Waals surface area contributed by atoms with Crippen LogP contribution in [0.2, 0.25) is 5.02 Å². The Morgan fingerprint density at radius 1 is 1.35 bits per heavy atom. The number of carbonyl (C=O) groups excluding carboxylic acids is 1. The second-order valence-electron chi connectivity index (χ2n) is 6.39. The second-order valence-corrected chi connectivity index (χ2v) is 6.80. The lowest BCUT2D eigenvalue weighted by Gasteiger charge is -2.27. The van der Waals surface area contributed by atoms with E-state index in [9.17, 15) is 9.18 Å². The molecule has 0 unspecified atom stereocenters. The highest BCUT2D eigenvalue weighted by Crippen LogP contribution is 2.15. The van der Waals surface area contributed by atoms with Gasteiger partial charge in [-0.15, -0.1) is 0 Å². The Labute approximate surface area is 142 Å². The standard InChI is InChI=1S/C17H26ClFN2O2/c1-5-9-21(16(22)23-17(2,3)4)10-8-20-12-13-6-7-15(19)14(18)11-13/h6-7,11,20H,5,8-10,12H2,1-4H3. The van der Waals surface area contributed by atoms with Crippen LogP contribution in [0.3, 0.4) is 0 Å². The molecule has 4 nitrogen and oxygen atoms in total. The molecular weight excluding hydrogens is 319 g/mol. The molecule has 0 heterocycles. The van der Waals surface area contributed by atoms with Gasteiger partial charge in [-0.3, -0.25) is 0 Å². The fourth-order valence-electron chi connectivity index (χ4n) is 1.99. The van der Waals surface area contributed by atoms with Crippen molar-refractivity contribution in [2.75, 3.05) is 19.6 Å². The molecule has 0 aromatic heterocycles. The third-order valence-electron chi connectivity index (χ3n) is 3.02. The first-order valence-corrected chi connectivity index (χ1v) is 8.23. The number of rotatable bonds is 7. The van der Waals surface area contributed by atoms with Crippen LogP contribution in [0.5, 0.6) is 0 Å². The molecule has 1 aromatic rings. The summed E-state index contributed by atoms with van der Waals surface area (Å²) in [6.07, 6.45) is 0.568. The maximum absolute atomic E-state index is 13.1. The average molecular weight is 345 g/mol. The monoisotopic (exact) mass is 344 g/mol. The van der Waals surface area contributed by atoms with E-state index >= 15 is 0 Å². The van der Waals surface area contributed by atoms with Crippen LogP contribution >= 0.6 is 11.6 Å². The molecule has 0 saturated heterocycles. The van der Waals surface area contributed by atoms with Crippen molar-refractivity contribution in [3.8, 4) is 0 Å². The Bertz CT molecular complexity index is 518. The van der Waals surface area contributed by atoms with E-state index in [2.05, 4.69) is 5.32 Å². The summed E-state index contributed by atoms with van der Waals surface area (Å²) in [7, 11) is 0. The number of carbonyl (C=O) groups is 1. The molecule has 0 aliphatic heterocycles. The van der Waals surface area contributed by atoms with Crippen LogP contribution in [0.15, 0.2) is 18.2 Å². The van der Waals surface area contributed by atoms with Crippen LogP contribution in [0.25, 0.3) is 0 Å². The molecule has 0 saturated carbocycles. The van der Waals surface area contributed by atoms with Crippen molar-refractivity contribution >= 4 is 17.7 Å². The molecule has 130 valence electrons.